The van der Waals surface area contributed by atoms with Gasteiger partial charge in [-0.25, -0.2) is 21.9 Å². The first-order valence-electron chi connectivity index (χ1n) is 9.79. The number of ketones is 1. The summed E-state index contributed by atoms with van der Waals surface area (Å²) in [5.41, 5.74) is -4.16. The van der Waals surface area contributed by atoms with Crippen molar-refractivity contribution < 1.29 is 35.0 Å². The second-order valence-corrected chi connectivity index (χ2v) is 12.6. The van der Waals surface area contributed by atoms with Crippen LogP contribution in [0, 0.1) is 16.7 Å². The molecule has 0 aliphatic heterocycles. The van der Waals surface area contributed by atoms with Crippen molar-refractivity contribution in [3.8, 4) is 0 Å². The molecule has 7 nitrogen and oxygen atoms in total. The van der Waals surface area contributed by atoms with Crippen molar-refractivity contribution in [3.05, 3.63) is 0 Å². The minimum Gasteiger partial charge on any atom is -0.299 e. The monoisotopic (exact) mass is 459 g/mol. The Morgan fingerprint density at radius 2 is 1.79 bits per heavy atom. The summed E-state index contributed by atoms with van der Waals surface area (Å²) in [5, 5.41) is -2.46. The second kappa shape index (κ2) is 7.20. The van der Waals surface area contributed by atoms with Crippen molar-refractivity contribution >= 4 is 25.9 Å². The van der Waals surface area contributed by atoms with E-state index in [4.69, 9.17) is 0 Å². The average molecular weight is 460 g/mol. The van der Waals surface area contributed by atoms with Gasteiger partial charge in [-0.2, -0.15) is 8.42 Å². The third kappa shape index (κ3) is 3.76. The van der Waals surface area contributed by atoms with Crippen LogP contribution < -0.4 is 4.72 Å². The summed E-state index contributed by atoms with van der Waals surface area (Å²) in [6, 6.07) is 0. The topological polar surface area (TPSA) is 118 Å². The van der Waals surface area contributed by atoms with Crippen LogP contribution in [0.4, 0.5) is 8.78 Å². The zero-order valence-electron chi connectivity index (χ0n) is 17.5. The molecule has 2 fully saturated rings. The van der Waals surface area contributed by atoms with E-state index in [0.717, 1.165) is 6.92 Å². The zero-order valence-corrected chi connectivity index (χ0v) is 19.1. The van der Waals surface area contributed by atoms with Crippen molar-refractivity contribution in [1.29, 1.82) is 0 Å². The Kier molecular flexibility index (Phi) is 6.11. The molecule has 0 aromatic carbocycles. The third-order valence-corrected chi connectivity index (χ3v) is 10.5. The number of hydrogen-bond donors (Lipinski definition) is 2. The van der Waals surface area contributed by atoms with Gasteiger partial charge in [0.05, 0.1) is 11.3 Å². The van der Waals surface area contributed by atoms with Gasteiger partial charge in [-0.1, -0.05) is 27.7 Å². The molecule has 0 aromatic rings. The van der Waals surface area contributed by atoms with Crippen molar-refractivity contribution in [2.24, 2.45) is 16.7 Å². The predicted octanol–water partition coefficient (Wildman–Crippen LogP) is 2.77. The van der Waals surface area contributed by atoms with Crippen molar-refractivity contribution in [2.75, 3.05) is 5.75 Å². The Labute approximate surface area is 171 Å². The molecular weight excluding hydrogens is 428 g/mol. The summed E-state index contributed by atoms with van der Waals surface area (Å²) >= 11 is 0. The van der Waals surface area contributed by atoms with Crippen LogP contribution in [-0.2, 0) is 24.9 Å². The fourth-order valence-corrected chi connectivity index (χ4v) is 8.62. The maximum atomic E-state index is 15.2. The molecule has 0 saturated heterocycles. The van der Waals surface area contributed by atoms with Gasteiger partial charge in [0.25, 0.3) is 16.0 Å². The van der Waals surface area contributed by atoms with Gasteiger partial charge >= 0.3 is 0 Å². The molecule has 11 heteroatoms. The van der Waals surface area contributed by atoms with Gasteiger partial charge in [0.1, 0.15) is 5.78 Å². The van der Waals surface area contributed by atoms with E-state index in [1.165, 1.54) is 13.8 Å². The summed E-state index contributed by atoms with van der Waals surface area (Å²) in [7, 11) is -9.50. The number of fused-ring (bicyclic) bond motifs is 2. The Bertz CT molecular complexity index is 886. The van der Waals surface area contributed by atoms with Gasteiger partial charge in [0.15, 0.2) is 5.25 Å². The summed E-state index contributed by atoms with van der Waals surface area (Å²) in [4.78, 5) is 12.6. The number of halogens is 2. The molecule has 170 valence electrons. The lowest BCUT2D eigenvalue weighted by atomic mass is 9.70. The molecular formula is C18H31F2NO6S2. The zero-order chi connectivity index (χ0) is 22.7. The summed E-state index contributed by atoms with van der Waals surface area (Å²) in [6.45, 7) is 7.08. The highest BCUT2D eigenvalue weighted by molar-refractivity contribution is 7.89. The van der Waals surface area contributed by atoms with E-state index in [0.29, 0.717) is 12.8 Å². The standard InChI is InChI=1S/C18H31F2NO6S2/c1-6-14(29(25,26)27)18(19,20)16(5,7-2)21-28(23,24)11-17-9-8-12(10-13(17)22)15(17,3)4/h12,14,21H,6-11H2,1-5H3,(H,25,26,27). The number of sulfonamides is 1. The molecule has 0 heterocycles. The van der Waals surface area contributed by atoms with Crippen LogP contribution in [0.1, 0.15) is 66.7 Å². The molecule has 2 N–H and O–H groups in total. The van der Waals surface area contributed by atoms with E-state index < -0.39 is 66.3 Å². The molecule has 4 atom stereocenters. The number of rotatable bonds is 9. The predicted molar refractivity (Wildman–Crippen MR) is 105 cm³/mol. The van der Waals surface area contributed by atoms with Gasteiger partial charge in [-0.05, 0) is 43.9 Å². The summed E-state index contributed by atoms with van der Waals surface area (Å²) in [6.07, 6.45) is 0.352. The number of hydrogen-bond acceptors (Lipinski definition) is 5. The quantitative estimate of drug-likeness (QED) is 0.512. The van der Waals surface area contributed by atoms with Gasteiger partial charge in [-0.3, -0.25) is 9.35 Å². The highest BCUT2D eigenvalue weighted by Crippen LogP contribution is 2.64. The fraction of sp³-hybridized carbons (Fsp3) is 0.944. The van der Waals surface area contributed by atoms with E-state index in [9.17, 15) is 26.2 Å². The highest BCUT2D eigenvalue weighted by Gasteiger charge is 2.66. The molecule has 2 rings (SSSR count). The Morgan fingerprint density at radius 3 is 2.14 bits per heavy atom. The van der Waals surface area contributed by atoms with Crippen LogP contribution in [0.15, 0.2) is 0 Å². The SMILES string of the molecule is CCC(C(F)(F)C(C)(CC)NS(=O)(=O)CC12CCC(CC1=O)C2(C)C)S(=O)(=O)O. The lowest BCUT2D eigenvalue weighted by Gasteiger charge is -2.42. The minimum absolute atomic E-state index is 0.0632. The Balaban J connectivity index is 2.40. The van der Waals surface area contributed by atoms with E-state index in [1.807, 2.05) is 18.6 Å². The number of alkyl halides is 2. The van der Waals surface area contributed by atoms with Crippen LogP contribution in [0.2, 0.25) is 0 Å². The van der Waals surface area contributed by atoms with Gasteiger partial charge in [-0.15, -0.1) is 0 Å². The number of carbonyl (C=O) groups is 1. The average Bonchev–Trinajstić information content (AvgIpc) is 2.86. The van der Waals surface area contributed by atoms with E-state index >= 15 is 8.78 Å². The highest BCUT2D eigenvalue weighted by atomic mass is 32.2. The molecule has 4 unspecified atom stereocenters. The van der Waals surface area contributed by atoms with Crippen LogP contribution in [0.3, 0.4) is 0 Å². The molecule has 0 radical (unpaired) electrons. The molecule has 2 aliphatic carbocycles. The molecule has 0 amide bonds. The molecule has 29 heavy (non-hydrogen) atoms. The van der Waals surface area contributed by atoms with Crippen molar-refractivity contribution in [3.63, 3.8) is 0 Å². The van der Waals surface area contributed by atoms with Gasteiger partial charge in [0.2, 0.25) is 10.0 Å². The first-order valence-corrected chi connectivity index (χ1v) is 12.9. The third-order valence-electron chi connectivity index (χ3n) is 7.53. The lowest BCUT2D eigenvalue weighted by Crippen LogP contribution is -2.64. The number of nitrogens with one attached hydrogen (secondary N) is 1. The molecule has 2 saturated carbocycles. The van der Waals surface area contributed by atoms with Crippen molar-refractivity contribution in [1.82, 2.24) is 4.72 Å². The van der Waals surface area contributed by atoms with Gasteiger partial charge in [0, 0.05) is 11.8 Å². The normalized spacial score (nSPS) is 30.3. The van der Waals surface area contributed by atoms with Gasteiger partial charge < -0.3 is 0 Å². The number of Topliss-reactive ketones (excluding diaryl/α,β-unsaturated/α-hetero) is 1. The van der Waals surface area contributed by atoms with E-state index in [1.54, 1.807) is 0 Å². The summed E-state index contributed by atoms with van der Waals surface area (Å²) in [5.74, 6) is -4.80. The lowest BCUT2D eigenvalue weighted by molar-refractivity contribution is -0.128. The van der Waals surface area contributed by atoms with E-state index in [2.05, 4.69) is 0 Å². The maximum Gasteiger partial charge on any atom is 0.285 e. The first kappa shape index (κ1) is 24.6. The van der Waals surface area contributed by atoms with E-state index in [-0.39, 0.29) is 18.1 Å². The second-order valence-electron chi connectivity index (χ2n) is 9.25. The van der Waals surface area contributed by atoms with Crippen molar-refractivity contribution in [2.45, 2.75) is 83.4 Å². The number of carbonyl (C=O) groups excluding carboxylic acids is 1. The molecule has 2 bridgehead atoms. The first-order chi connectivity index (χ1) is 12.9. The molecule has 0 aromatic heterocycles. The summed E-state index contributed by atoms with van der Waals surface area (Å²) < 4.78 is 90.5. The molecule has 2 aliphatic rings. The van der Waals surface area contributed by atoms with Crippen LogP contribution in [0.25, 0.3) is 0 Å². The molecule has 0 spiro atoms. The fourth-order valence-electron chi connectivity index (χ4n) is 5.20. The van der Waals surface area contributed by atoms with Crippen LogP contribution >= 0.6 is 0 Å². The maximum absolute atomic E-state index is 15.2. The van der Waals surface area contributed by atoms with Crippen LogP contribution in [-0.4, -0.2) is 49.6 Å². The smallest absolute Gasteiger partial charge is 0.285 e. The Morgan fingerprint density at radius 1 is 1.24 bits per heavy atom. The Hall–Kier alpha value is -0.650. The van der Waals surface area contributed by atoms with Crippen LogP contribution in [0.5, 0.6) is 0 Å². The minimum atomic E-state index is -5.12. The largest absolute Gasteiger partial charge is 0.299 e.